The molecule has 1 aliphatic rings. The number of benzene rings is 1. The molecule has 0 aliphatic heterocycles. The Hall–Kier alpha value is -2.14. The lowest BCUT2D eigenvalue weighted by atomic mass is 9.79. The maximum atomic E-state index is 5.90. The molecule has 1 fully saturated rings. The molecule has 2 aromatic rings. The zero-order chi connectivity index (χ0) is 14.7. The minimum atomic E-state index is 0.277. The predicted molar refractivity (Wildman–Crippen MR) is 80.0 cm³/mol. The Morgan fingerprint density at radius 3 is 2.67 bits per heavy atom. The zero-order valence-corrected chi connectivity index (χ0v) is 12.0. The molecule has 1 aromatic heterocycles. The molecular formula is C16H19N3O2. The molecule has 1 aromatic carbocycles. The van der Waals surface area contributed by atoms with Crippen LogP contribution in [0.15, 0.2) is 36.4 Å². The molecule has 2 N–H and O–H groups in total. The Morgan fingerprint density at radius 1 is 1.19 bits per heavy atom. The fraction of sp³-hybridized carbons (Fsp3) is 0.375. The normalized spacial score (nSPS) is 20.8. The highest BCUT2D eigenvalue weighted by Gasteiger charge is 2.34. The lowest BCUT2D eigenvalue weighted by Crippen LogP contribution is -2.30. The number of methoxy groups -OCH3 is 1. The van der Waals surface area contributed by atoms with Crippen LogP contribution in [-0.4, -0.2) is 23.4 Å². The summed E-state index contributed by atoms with van der Waals surface area (Å²) in [6.45, 7) is 0.656. The average Bonchev–Trinajstić information content (AvgIpc) is 2.47. The van der Waals surface area contributed by atoms with Gasteiger partial charge in [-0.3, -0.25) is 0 Å². The molecule has 0 amide bonds. The SMILES string of the molecule is COc1cc(N)nnc1C1CC(OCc2ccccc2)C1. The largest absolute Gasteiger partial charge is 0.495 e. The van der Waals surface area contributed by atoms with E-state index >= 15 is 0 Å². The quantitative estimate of drug-likeness (QED) is 0.914. The number of hydrogen-bond acceptors (Lipinski definition) is 5. The molecule has 1 aliphatic carbocycles. The van der Waals surface area contributed by atoms with Crippen molar-refractivity contribution >= 4 is 5.82 Å². The second-order valence-electron chi connectivity index (χ2n) is 5.31. The van der Waals surface area contributed by atoms with Gasteiger partial charge in [-0.2, -0.15) is 0 Å². The van der Waals surface area contributed by atoms with Crippen molar-refractivity contribution in [1.82, 2.24) is 10.2 Å². The van der Waals surface area contributed by atoms with Crippen molar-refractivity contribution in [2.24, 2.45) is 0 Å². The maximum absolute atomic E-state index is 5.90. The molecule has 1 heterocycles. The minimum Gasteiger partial charge on any atom is -0.495 e. The van der Waals surface area contributed by atoms with Crippen molar-refractivity contribution in [1.29, 1.82) is 0 Å². The van der Waals surface area contributed by atoms with Crippen molar-refractivity contribution in [3.8, 4) is 5.75 Å². The summed E-state index contributed by atoms with van der Waals surface area (Å²) in [5.41, 5.74) is 7.70. The van der Waals surface area contributed by atoms with Gasteiger partial charge in [0.2, 0.25) is 0 Å². The molecule has 0 radical (unpaired) electrons. The smallest absolute Gasteiger partial charge is 0.149 e. The number of nitrogens with two attached hydrogens (primary N) is 1. The summed E-state index contributed by atoms with van der Waals surface area (Å²) < 4.78 is 11.2. The molecule has 1 saturated carbocycles. The number of aromatic nitrogens is 2. The monoisotopic (exact) mass is 285 g/mol. The summed E-state index contributed by atoms with van der Waals surface area (Å²) in [5, 5.41) is 8.08. The van der Waals surface area contributed by atoms with Gasteiger partial charge in [-0.05, 0) is 18.4 Å². The van der Waals surface area contributed by atoms with Gasteiger partial charge in [0.1, 0.15) is 17.3 Å². The summed E-state index contributed by atoms with van der Waals surface area (Å²) in [4.78, 5) is 0. The highest BCUT2D eigenvalue weighted by atomic mass is 16.5. The van der Waals surface area contributed by atoms with Gasteiger partial charge in [0.15, 0.2) is 0 Å². The molecular weight excluding hydrogens is 266 g/mol. The third-order valence-corrected chi connectivity index (χ3v) is 3.83. The van der Waals surface area contributed by atoms with Crippen molar-refractivity contribution in [2.45, 2.75) is 31.5 Å². The number of nitrogens with zero attached hydrogens (tertiary/aromatic N) is 2. The Kier molecular flexibility index (Phi) is 4.01. The second kappa shape index (κ2) is 6.10. The first kappa shape index (κ1) is 13.8. The third-order valence-electron chi connectivity index (χ3n) is 3.83. The van der Waals surface area contributed by atoms with Crippen LogP contribution in [0.3, 0.4) is 0 Å². The molecule has 0 spiro atoms. The lowest BCUT2D eigenvalue weighted by molar-refractivity contribution is -0.0219. The number of hydrogen-bond donors (Lipinski definition) is 1. The molecule has 0 atom stereocenters. The van der Waals surface area contributed by atoms with Gasteiger partial charge in [0.25, 0.3) is 0 Å². The summed E-state index contributed by atoms with van der Waals surface area (Å²) in [6, 6.07) is 11.9. The van der Waals surface area contributed by atoms with Gasteiger partial charge in [0.05, 0.1) is 19.8 Å². The van der Waals surface area contributed by atoms with Crippen LogP contribution in [0.4, 0.5) is 5.82 Å². The Labute approximate surface area is 124 Å². The van der Waals surface area contributed by atoms with E-state index in [0.29, 0.717) is 24.1 Å². The van der Waals surface area contributed by atoms with E-state index in [1.807, 2.05) is 18.2 Å². The molecule has 0 bridgehead atoms. The van der Waals surface area contributed by atoms with Crippen molar-refractivity contribution in [3.63, 3.8) is 0 Å². The highest BCUT2D eigenvalue weighted by molar-refractivity contribution is 5.40. The summed E-state index contributed by atoms with van der Waals surface area (Å²) >= 11 is 0. The van der Waals surface area contributed by atoms with Gasteiger partial charge >= 0.3 is 0 Å². The minimum absolute atomic E-state index is 0.277. The summed E-state index contributed by atoms with van der Waals surface area (Å²) in [5.74, 6) is 1.44. The molecule has 3 rings (SSSR count). The molecule has 0 saturated heterocycles. The summed E-state index contributed by atoms with van der Waals surface area (Å²) in [6.07, 6.45) is 2.17. The Morgan fingerprint density at radius 2 is 1.95 bits per heavy atom. The fourth-order valence-electron chi connectivity index (χ4n) is 2.56. The molecule has 5 heteroatoms. The van der Waals surface area contributed by atoms with E-state index < -0.39 is 0 Å². The van der Waals surface area contributed by atoms with E-state index in [4.69, 9.17) is 15.2 Å². The number of rotatable bonds is 5. The van der Waals surface area contributed by atoms with Crippen LogP contribution in [-0.2, 0) is 11.3 Å². The van der Waals surface area contributed by atoms with Gasteiger partial charge in [-0.25, -0.2) is 0 Å². The van der Waals surface area contributed by atoms with E-state index in [9.17, 15) is 0 Å². The van der Waals surface area contributed by atoms with Crippen LogP contribution < -0.4 is 10.5 Å². The average molecular weight is 285 g/mol. The van der Waals surface area contributed by atoms with E-state index in [1.54, 1.807) is 13.2 Å². The Bertz CT molecular complexity index is 598. The van der Waals surface area contributed by atoms with Gasteiger partial charge in [-0.1, -0.05) is 30.3 Å². The van der Waals surface area contributed by atoms with E-state index in [-0.39, 0.29) is 6.10 Å². The second-order valence-corrected chi connectivity index (χ2v) is 5.31. The van der Waals surface area contributed by atoms with Crippen LogP contribution in [0.25, 0.3) is 0 Å². The zero-order valence-electron chi connectivity index (χ0n) is 12.0. The molecule has 110 valence electrons. The first-order chi connectivity index (χ1) is 10.3. The lowest BCUT2D eigenvalue weighted by Gasteiger charge is -2.35. The standard InChI is InChI=1S/C16H19N3O2/c1-20-14-9-15(17)18-19-16(14)12-7-13(8-12)21-10-11-5-3-2-4-6-11/h2-6,9,12-13H,7-8,10H2,1H3,(H2,17,18). The highest BCUT2D eigenvalue weighted by Crippen LogP contribution is 2.41. The van der Waals surface area contributed by atoms with E-state index in [0.717, 1.165) is 18.5 Å². The van der Waals surface area contributed by atoms with Crippen LogP contribution in [0.2, 0.25) is 0 Å². The van der Waals surface area contributed by atoms with Crippen LogP contribution in [0, 0.1) is 0 Å². The van der Waals surface area contributed by atoms with E-state index in [2.05, 4.69) is 22.3 Å². The van der Waals surface area contributed by atoms with Crippen LogP contribution >= 0.6 is 0 Å². The topological polar surface area (TPSA) is 70.3 Å². The molecule has 0 unspecified atom stereocenters. The van der Waals surface area contributed by atoms with Gasteiger partial charge in [0, 0.05) is 12.0 Å². The van der Waals surface area contributed by atoms with Crippen molar-refractivity contribution in [2.75, 3.05) is 12.8 Å². The predicted octanol–water partition coefficient (Wildman–Crippen LogP) is 2.53. The molecule has 5 nitrogen and oxygen atoms in total. The Balaban J connectivity index is 1.54. The molecule has 21 heavy (non-hydrogen) atoms. The van der Waals surface area contributed by atoms with Crippen LogP contribution in [0.1, 0.15) is 30.0 Å². The third kappa shape index (κ3) is 3.13. The van der Waals surface area contributed by atoms with Crippen molar-refractivity contribution in [3.05, 3.63) is 47.7 Å². The van der Waals surface area contributed by atoms with E-state index in [1.165, 1.54) is 5.56 Å². The number of anilines is 1. The van der Waals surface area contributed by atoms with Gasteiger partial charge in [-0.15, -0.1) is 10.2 Å². The first-order valence-electron chi connectivity index (χ1n) is 7.09. The number of nitrogen functional groups attached to an aromatic ring is 1. The van der Waals surface area contributed by atoms with Gasteiger partial charge < -0.3 is 15.2 Å². The summed E-state index contributed by atoms with van der Waals surface area (Å²) in [7, 11) is 1.63. The van der Waals surface area contributed by atoms with Crippen LogP contribution in [0.5, 0.6) is 5.75 Å². The van der Waals surface area contributed by atoms with Crippen molar-refractivity contribution < 1.29 is 9.47 Å². The maximum Gasteiger partial charge on any atom is 0.149 e. The number of ether oxygens (including phenoxy) is 2. The fourth-order valence-corrected chi connectivity index (χ4v) is 2.56. The first-order valence-corrected chi connectivity index (χ1v) is 7.09.